The van der Waals surface area contributed by atoms with E-state index in [1.165, 1.54) is 4.88 Å². The number of aromatic nitrogens is 1. The van der Waals surface area contributed by atoms with Gasteiger partial charge in [-0.25, -0.2) is 4.98 Å². The molecule has 3 N–H and O–H groups in total. The molecule has 1 heterocycles. The Morgan fingerprint density at radius 2 is 2.00 bits per heavy atom. The summed E-state index contributed by atoms with van der Waals surface area (Å²) in [7, 11) is 0. The summed E-state index contributed by atoms with van der Waals surface area (Å²) in [4.78, 5) is 17.2. The summed E-state index contributed by atoms with van der Waals surface area (Å²) in [5.41, 5.74) is 5.42. The fourth-order valence-electron chi connectivity index (χ4n) is 1.73. The van der Waals surface area contributed by atoms with Crippen LogP contribution in [0.25, 0.3) is 0 Å². The highest BCUT2D eigenvalue weighted by molar-refractivity contribution is 7.11. The molecule has 1 aromatic heterocycles. The number of amides is 1. The topological polar surface area (TPSA) is 68.0 Å². The molecule has 118 valence electrons. The van der Waals surface area contributed by atoms with Crippen molar-refractivity contribution in [1.29, 1.82) is 0 Å². The number of nitrogens with two attached hydrogens (primary N) is 1. The molecule has 0 aromatic carbocycles. The summed E-state index contributed by atoms with van der Waals surface area (Å²) in [6, 6.07) is 0.0141. The minimum Gasteiger partial charge on any atom is -0.347 e. The zero-order chi connectivity index (χ0) is 13.4. The van der Waals surface area contributed by atoms with Crippen LogP contribution in [-0.2, 0) is 4.79 Å². The first kappa shape index (κ1) is 21.9. The van der Waals surface area contributed by atoms with Gasteiger partial charge in [0.05, 0.1) is 6.04 Å². The summed E-state index contributed by atoms with van der Waals surface area (Å²) < 4.78 is 0. The Morgan fingerprint density at radius 1 is 1.35 bits per heavy atom. The smallest absolute Gasteiger partial charge is 0.220 e. The Morgan fingerprint density at radius 3 is 2.55 bits per heavy atom. The van der Waals surface area contributed by atoms with Gasteiger partial charge in [0.2, 0.25) is 5.91 Å². The first-order valence-corrected chi connectivity index (χ1v) is 7.37. The molecule has 0 saturated carbocycles. The van der Waals surface area contributed by atoms with Crippen molar-refractivity contribution in [1.82, 2.24) is 10.3 Å². The lowest BCUT2D eigenvalue weighted by Crippen LogP contribution is -2.26. The Bertz CT molecular complexity index is 374. The standard InChI is InChI=1S/C13H23N3OS.2ClH/c1-10-9-15-13(18-10)11(2)16-12(17)7-5-3-4-6-8-14;;/h9,11H,3-8,14H2,1-2H3,(H,16,17);2*1H. The van der Waals surface area contributed by atoms with Crippen LogP contribution in [0.4, 0.5) is 0 Å². The van der Waals surface area contributed by atoms with Gasteiger partial charge in [-0.3, -0.25) is 4.79 Å². The average molecular weight is 342 g/mol. The van der Waals surface area contributed by atoms with Crippen LogP contribution >= 0.6 is 36.2 Å². The highest BCUT2D eigenvalue weighted by Crippen LogP contribution is 2.19. The summed E-state index contributed by atoms with van der Waals surface area (Å²) in [5.74, 6) is 0.114. The minimum atomic E-state index is 0. The van der Waals surface area contributed by atoms with E-state index in [0.717, 1.165) is 37.2 Å². The molecule has 1 unspecified atom stereocenters. The van der Waals surface area contributed by atoms with E-state index < -0.39 is 0 Å². The maximum atomic E-state index is 11.7. The highest BCUT2D eigenvalue weighted by atomic mass is 35.5. The second-order valence-electron chi connectivity index (χ2n) is 4.55. The summed E-state index contributed by atoms with van der Waals surface area (Å²) in [6.45, 7) is 4.74. The van der Waals surface area contributed by atoms with Crippen molar-refractivity contribution in [2.45, 2.75) is 52.0 Å². The molecule has 1 rings (SSSR count). The molecule has 0 aliphatic carbocycles. The number of unbranched alkanes of at least 4 members (excludes halogenated alkanes) is 3. The Labute approximate surface area is 137 Å². The van der Waals surface area contributed by atoms with E-state index in [9.17, 15) is 4.79 Å². The number of nitrogens with zero attached hydrogens (tertiary/aromatic N) is 1. The molecule has 4 nitrogen and oxygen atoms in total. The maximum Gasteiger partial charge on any atom is 0.220 e. The van der Waals surface area contributed by atoms with E-state index in [2.05, 4.69) is 10.3 Å². The largest absolute Gasteiger partial charge is 0.347 e. The van der Waals surface area contributed by atoms with Crippen molar-refractivity contribution in [3.63, 3.8) is 0 Å². The van der Waals surface area contributed by atoms with Crippen molar-refractivity contribution in [3.05, 3.63) is 16.1 Å². The molecule has 1 amide bonds. The molecular formula is C13H25Cl2N3OS. The van der Waals surface area contributed by atoms with E-state index >= 15 is 0 Å². The number of hydrogen-bond donors (Lipinski definition) is 2. The lowest BCUT2D eigenvalue weighted by Gasteiger charge is -2.11. The second-order valence-corrected chi connectivity index (χ2v) is 5.82. The van der Waals surface area contributed by atoms with Crippen LogP contribution < -0.4 is 11.1 Å². The summed E-state index contributed by atoms with van der Waals surface area (Å²) in [5, 5.41) is 3.96. The first-order chi connectivity index (χ1) is 8.63. The third-order valence-electron chi connectivity index (χ3n) is 2.75. The summed E-state index contributed by atoms with van der Waals surface area (Å²) >= 11 is 1.63. The number of aryl methyl sites for hydroxylation is 1. The number of hydrogen-bond acceptors (Lipinski definition) is 4. The SMILES string of the molecule is Cc1cnc(C(C)NC(=O)CCCCCCN)s1.Cl.Cl. The zero-order valence-corrected chi connectivity index (χ0v) is 14.5. The van der Waals surface area contributed by atoms with Crippen LogP contribution in [0.15, 0.2) is 6.20 Å². The number of thiazole rings is 1. The van der Waals surface area contributed by atoms with E-state index in [0.29, 0.717) is 6.42 Å². The third-order valence-corrected chi connectivity index (χ3v) is 3.84. The van der Waals surface area contributed by atoms with Crippen molar-refractivity contribution in [2.24, 2.45) is 5.73 Å². The maximum absolute atomic E-state index is 11.7. The van der Waals surface area contributed by atoms with Gasteiger partial charge in [0.1, 0.15) is 5.01 Å². The van der Waals surface area contributed by atoms with Gasteiger partial charge in [0, 0.05) is 17.5 Å². The van der Waals surface area contributed by atoms with Crippen molar-refractivity contribution in [2.75, 3.05) is 6.54 Å². The number of halogens is 2. The summed E-state index contributed by atoms with van der Waals surface area (Å²) in [6.07, 6.45) is 6.63. The minimum absolute atomic E-state index is 0. The number of carbonyl (C=O) groups is 1. The van der Waals surface area contributed by atoms with Crippen molar-refractivity contribution >= 4 is 42.1 Å². The van der Waals surface area contributed by atoms with Crippen LogP contribution in [0.5, 0.6) is 0 Å². The first-order valence-electron chi connectivity index (χ1n) is 6.55. The fraction of sp³-hybridized carbons (Fsp3) is 0.692. The van der Waals surface area contributed by atoms with Crippen LogP contribution in [0.1, 0.15) is 55.0 Å². The monoisotopic (exact) mass is 341 g/mol. The molecule has 0 bridgehead atoms. The van der Waals surface area contributed by atoms with E-state index in [-0.39, 0.29) is 36.8 Å². The third kappa shape index (κ3) is 8.74. The van der Waals surface area contributed by atoms with E-state index in [1.807, 2.05) is 20.0 Å². The van der Waals surface area contributed by atoms with Gasteiger partial charge in [0.25, 0.3) is 0 Å². The van der Waals surface area contributed by atoms with Gasteiger partial charge in [-0.1, -0.05) is 12.8 Å². The van der Waals surface area contributed by atoms with Gasteiger partial charge in [0.15, 0.2) is 0 Å². The molecule has 1 atom stereocenters. The van der Waals surface area contributed by atoms with Crippen LogP contribution in [0.3, 0.4) is 0 Å². The fourth-order valence-corrected chi connectivity index (χ4v) is 2.51. The van der Waals surface area contributed by atoms with E-state index in [4.69, 9.17) is 5.73 Å². The second kappa shape index (κ2) is 12.4. The quantitative estimate of drug-likeness (QED) is 0.712. The molecule has 0 saturated heterocycles. The average Bonchev–Trinajstić information content (AvgIpc) is 2.75. The van der Waals surface area contributed by atoms with Crippen LogP contribution in [0, 0.1) is 6.92 Å². The molecule has 7 heteroatoms. The predicted molar refractivity (Wildman–Crippen MR) is 90.0 cm³/mol. The zero-order valence-electron chi connectivity index (χ0n) is 12.1. The number of rotatable bonds is 8. The van der Waals surface area contributed by atoms with Crippen molar-refractivity contribution in [3.8, 4) is 0 Å². The molecule has 0 spiro atoms. The lowest BCUT2D eigenvalue weighted by molar-refractivity contribution is -0.121. The Hall–Kier alpha value is -0.360. The molecule has 0 aliphatic rings. The van der Waals surface area contributed by atoms with E-state index in [1.54, 1.807) is 11.3 Å². The van der Waals surface area contributed by atoms with Crippen LogP contribution in [0.2, 0.25) is 0 Å². The van der Waals surface area contributed by atoms with Gasteiger partial charge < -0.3 is 11.1 Å². The van der Waals surface area contributed by atoms with Gasteiger partial charge in [-0.15, -0.1) is 36.2 Å². The lowest BCUT2D eigenvalue weighted by atomic mass is 10.1. The van der Waals surface area contributed by atoms with Crippen molar-refractivity contribution < 1.29 is 4.79 Å². The normalized spacial score (nSPS) is 11.2. The van der Waals surface area contributed by atoms with Gasteiger partial charge in [-0.05, 0) is 33.2 Å². The molecule has 20 heavy (non-hydrogen) atoms. The predicted octanol–water partition coefficient (Wildman–Crippen LogP) is 3.38. The number of carbonyl (C=O) groups excluding carboxylic acids is 1. The highest BCUT2D eigenvalue weighted by Gasteiger charge is 2.12. The molecular weight excluding hydrogens is 317 g/mol. The molecule has 0 aliphatic heterocycles. The molecule has 0 fully saturated rings. The molecule has 1 aromatic rings. The van der Waals surface area contributed by atoms with Gasteiger partial charge >= 0.3 is 0 Å². The molecule has 0 radical (unpaired) electrons. The number of nitrogens with one attached hydrogen (secondary N) is 1. The Balaban J connectivity index is 0. The Kier molecular flexibility index (Phi) is 13.6. The van der Waals surface area contributed by atoms with Crippen LogP contribution in [-0.4, -0.2) is 17.4 Å². The van der Waals surface area contributed by atoms with Gasteiger partial charge in [-0.2, -0.15) is 0 Å².